The fourth-order valence-corrected chi connectivity index (χ4v) is 2.13. The van der Waals surface area contributed by atoms with Crippen molar-refractivity contribution in [1.82, 2.24) is 0 Å². The number of hydrogen-bond donors (Lipinski definition) is 1. The lowest BCUT2D eigenvalue weighted by Crippen LogP contribution is -2.05. The molecule has 2 aromatic carbocycles. The lowest BCUT2D eigenvalue weighted by Gasteiger charge is -2.12. The molecule has 0 aliphatic carbocycles. The fraction of sp³-hybridized carbons (Fsp3) is 0.143. The van der Waals surface area contributed by atoms with E-state index < -0.39 is 5.82 Å². The number of rotatable bonds is 4. The summed E-state index contributed by atoms with van der Waals surface area (Å²) >= 11 is 3.24. The van der Waals surface area contributed by atoms with Gasteiger partial charge in [-0.2, -0.15) is 0 Å². The third kappa shape index (κ3) is 3.30. The predicted octanol–water partition coefficient (Wildman–Crippen LogP) is 3.77. The molecule has 2 rings (SSSR count). The molecular weight excluding hydrogens is 316 g/mol. The van der Waals surface area contributed by atoms with Gasteiger partial charge in [0.05, 0.1) is 0 Å². The number of hydrogen-bond acceptors (Lipinski definition) is 2. The Kier molecular flexibility index (Phi) is 4.50. The minimum atomic E-state index is -0.457. The first-order valence-electron chi connectivity index (χ1n) is 5.66. The SMILES string of the molecule is NCc1cccc(F)c1OCc1ccc(F)cc1Br. The summed E-state index contributed by atoms with van der Waals surface area (Å²) in [6.45, 7) is 0.326. The lowest BCUT2D eigenvalue weighted by molar-refractivity contribution is 0.286. The molecule has 2 aromatic rings. The standard InChI is InChI=1S/C14H12BrF2NO/c15-12-6-11(16)5-4-10(12)8-19-14-9(7-18)2-1-3-13(14)17/h1-6H,7-8,18H2. The number of nitrogens with two attached hydrogens (primary N) is 1. The normalized spacial score (nSPS) is 10.5. The highest BCUT2D eigenvalue weighted by molar-refractivity contribution is 9.10. The predicted molar refractivity (Wildman–Crippen MR) is 72.7 cm³/mol. The van der Waals surface area contributed by atoms with E-state index in [4.69, 9.17) is 10.5 Å². The first-order valence-corrected chi connectivity index (χ1v) is 6.45. The van der Waals surface area contributed by atoms with Crippen LogP contribution in [0.3, 0.4) is 0 Å². The second kappa shape index (κ2) is 6.12. The third-order valence-electron chi connectivity index (χ3n) is 2.66. The zero-order valence-corrected chi connectivity index (χ0v) is 11.6. The van der Waals surface area contributed by atoms with Crippen molar-refractivity contribution < 1.29 is 13.5 Å². The van der Waals surface area contributed by atoms with Crippen LogP contribution < -0.4 is 10.5 Å². The monoisotopic (exact) mass is 327 g/mol. The highest BCUT2D eigenvalue weighted by atomic mass is 79.9. The minimum absolute atomic E-state index is 0.134. The van der Waals surface area contributed by atoms with Crippen LogP contribution in [0.2, 0.25) is 0 Å². The van der Waals surface area contributed by atoms with E-state index in [-0.39, 0.29) is 24.7 Å². The maximum Gasteiger partial charge on any atom is 0.165 e. The van der Waals surface area contributed by atoms with Crippen LogP contribution in [0, 0.1) is 11.6 Å². The van der Waals surface area contributed by atoms with Gasteiger partial charge in [0.1, 0.15) is 12.4 Å². The average molecular weight is 328 g/mol. The molecule has 5 heteroatoms. The molecule has 0 saturated heterocycles. The number of ether oxygens (including phenoxy) is 1. The first kappa shape index (κ1) is 14.0. The van der Waals surface area contributed by atoms with Gasteiger partial charge in [-0.05, 0) is 18.2 Å². The quantitative estimate of drug-likeness (QED) is 0.927. The summed E-state index contributed by atoms with van der Waals surface area (Å²) in [6.07, 6.45) is 0. The van der Waals surface area contributed by atoms with Crippen molar-refractivity contribution in [3.63, 3.8) is 0 Å². The van der Waals surface area contributed by atoms with Gasteiger partial charge in [0.2, 0.25) is 0 Å². The molecule has 0 unspecified atom stereocenters. The Labute approximate surface area is 118 Å². The summed E-state index contributed by atoms with van der Waals surface area (Å²) in [5, 5.41) is 0. The van der Waals surface area contributed by atoms with Crippen LogP contribution in [0.15, 0.2) is 40.9 Å². The summed E-state index contributed by atoms with van der Waals surface area (Å²) in [6, 6.07) is 8.85. The van der Waals surface area contributed by atoms with E-state index in [2.05, 4.69) is 15.9 Å². The van der Waals surface area contributed by atoms with E-state index >= 15 is 0 Å². The van der Waals surface area contributed by atoms with Crippen molar-refractivity contribution in [3.8, 4) is 5.75 Å². The zero-order valence-electron chi connectivity index (χ0n) is 10.00. The molecule has 0 amide bonds. The molecule has 0 atom stereocenters. The number of para-hydroxylation sites is 1. The van der Waals surface area contributed by atoms with E-state index in [1.54, 1.807) is 18.2 Å². The van der Waals surface area contributed by atoms with Crippen LogP contribution in [0.5, 0.6) is 5.75 Å². The smallest absolute Gasteiger partial charge is 0.165 e. The van der Waals surface area contributed by atoms with Crippen molar-refractivity contribution in [2.75, 3.05) is 0 Å². The summed E-state index contributed by atoms with van der Waals surface area (Å²) < 4.78 is 32.6. The molecule has 0 bridgehead atoms. The van der Waals surface area contributed by atoms with Crippen LogP contribution in [-0.4, -0.2) is 0 Å². The summed E-state index contributed by atoms with van der Waals surface area (Å²) in [4.78, 5) is 0. The van der Waals surface area contributed by atoms with E-state index in [1.807, 2.05) is 0 Å². The van der Waals surface area contributed by atoms with Gasteiger partial charge in [0.15, 0.2) is 11.6 Å². The van der Waals surface area contributed by atoms with Crippen LogP contribution in [0.1, 0.15) is 11.1 Å². The number of halogens is 3. The topological polar surface area (TPSA) is 35.2 Å². The zero-order chi connectivity index (χ0) is 13.8. The van der Waals surface area contributed by atoms with Crippen molar-refractivity contribution in [2.45, 2.75) is 13.2 Å². The molecule has 0 saturated carbocycles. The maximum absolute atomic E-state index is 13.7. The molecule has 0 radical (unpaired) electrons. The molecule has 0 aliphatic heterocycles. The molecule has 100 valence electrons. The van der Waals surface area contributed by atoms with Crippen LogP contribution in [-0.2, 0) is 13.2 Å². The summed E-state index contributed by atoms with van der Waals surface area (Å²) in [5.41, 5.74) is 6.86. The Bertz CT molecular complexity index is 590. The van der Waals surface area contributed by atoms with Crippen LogP contribution in [0.25, 0.3) is 0 Å². The van der Waals surface area contributed by atoms with E-state index in [0.717, 1.165) is 5.56 Å². The van der Waals surface area contributed by atoms with Crippen LogP contribution in [0.4, 0.5) is 8.78 Å². The lowest BCUT2D eigenvalue weighted by atomic mass is 10.2. The molecule has 0 aliphatic rings. The van der Waals surface area contributed by atoms with Gasteiger partial charge in [-0.3, -0.25) is 0 Å². The molecule has 0 spiro atoms. The van der Waals surface area contributed by atoms with Crippen molar-refractivity contribution in [2.24, 2.45) is 5.73 Å². The van der Waals surface area contributed by atoms with Crippen molar-refractivity contribution >= 4 is 15.9 Å². The Hall–Kier alpha value is -1.46. The molecular formula is C14H12BrF2NO. The fourth-order valence-electron chi connectivity index (χ4n) is 1.66. The van der Waals surface area contributed by atoms with Crippen LogP contribution >= 0.6 is 15.9 Å². The maximum atomic E-state index is 13.7. The van der Waals surface area contributed by atoms with Gasteiger partial charge < -0.3 is 10.5 Å². The Balaban J connectivity index is 2.19. The average Bonchev–Trinajstić information content (AvgIpc) is 2.39. The summed E-state index contributed by atoms with van der Waals surface area (Å²) in [7, 11) is 0. The van der Waals surface area contributed by atoms with E-state index in [9.17, 15) is 8.78 Å². The second-order valence-electron chi connectivity index (χ2n) is 3.96. The molecule has 19 heavy (non-hydrogen) atoms. The Morgan fingerprint density at radius 3 is 2.58 bits per heavy atom. The van der Waals surface area contributed by atoms with Gasteiger partial charge in [-0.1, -0.05) is 34.1 Å². The minimum Gasteiger partial charge on any atom is -0.485 e. The van der Waals surface area contributed by atoms with E-state index in [1.165, 1.54) is 18.2 Å². The van der Waals surface area contributed by atoms with Gasteiger partial charge in [0.25, 0.3) is 0 Å². The molecule has 2 N–H and O–H groups in total. The highest BCUT2D eigenvalue weighted by Crippen LogP contribution is 2.25. The molecule has 0 heterocycles. The van der Waals surface area contributed by atoms with Gasteiger partial charge in [-0.25, -0.2) is 8.78 Å². The second-order valence-corrected chi connectivity index (χ2v) is 4.81. The molecule has 0 aromatic heterocycles. The largest absolute Gasteiger partial charge is 0.485 e. The first-order chi connectivity index (χ1) is 9.11. The Morgan fingerprint density at radius 1 is 1.11 bits per heavy atom. The number of benzene rings is 2. The highest BCUT2D eigenvalue weighted by Gasteiger charge is 2.10. The van der Waals surface area contributed by atoms with Gasteiger partial charge in [-0.15, -0.1) is 0 Å². The summed E-state index contributed by atoms with van der Waals surface area (Å²) in [5.74, 6) is -0.661. The van der Waals surface area contributed by atoms with Gasteiger partial charge in [0, 0.05) is 22.1 Å². The van der Waals surface area contributed by atoms with Crippen molar-refractivity contribution in [1.29, 1.82) is 0 Å². The van der Waals surface area contributed by atoms with E-state index in [0.29, 0.717) is 10.0 Å². The third-order valence-corrected chi connectivity index (χ3v) is 3.39. The van der Waals surface area contributed by atoms with Gasteiger partial charge >= 0.3 is 0 Å². The van der Waals surface area contributed by atoms with Crippen molar-refractivity contribution in [3.05, 3.63) is 63.6 Å². The molecule has 0 fully saturated rings. The Morgan fingerprint density at radius 2 is 1.89 bits per heavy atom. The molecule has 2 nitrogen and oxygen atoms in total.